The molecule has 9 nitrogen and oxygen atoms in total. The Labute approximate surface area is 198 Å². The van der Waals surface area contributed by atoms with Gasteiger partial charge >= 0.3 is 0 Å². The minimum absolute atomic E-state index is 0.0272. The first kappa shape index (κ1) is 23.0. The lowest BCUT2D eigenvalue weighted by Gasteiger charge is -2.36. The minimum atomic E-state index is -0.330. The number of methoxy groups -OCH3 is 1. The monoisotopic (exact) mass is 461 g/mol. The Balaban J connectivity index is 1.33. The number of amides is 2. The molecule has 1 aliphatic heterocycles. The van der Waals surface area contributed by atoms with Crippen LogP contribution < -0.4 is 9.64 Å². The maximum atomic E-state index is 12.9. The number of nitrogens with zero attached hydrogens (tertiary/aromatic N) is 5. The van der Waals surface area contributed by atoms with Crippen LogP contribution in [0.1, 0.15) is 10.6 Å². The maximum Gasteiger partial charge on any atom is 0.290 e. The van der Waals surface area contributed by atoms with E-state index in [2.05, 4.69) is 21.7 Å². The van der Waals surface area contributed by atoms with Gasteiger partial charge in [-0.1, -0.05) is 18.2 Å². The van der Waals surface area contributed by atoms with E-state index in [-0.39, 0.29) is 30.7 Å². The van der Waals surface area contributed by atoms with Crippen molar-refractivity contribution < 1.29 is 18.7 Å². The van der Waals surface area contributed by atoms with Gasteiger partial charge in [-0.3, -0.25) is 9.59 Å². The number of rotatable bonds is 8. The van der Waals surface area contributed by atoms with Gasteiger partial charge in [-0.2, -0.15) is 0 Å². The van der Waals surface area contributed by atoms with E-state index in [0.29, 0.717) is 26.2 Å². The molecule has 0 spiro atoms. The molecule has 9 heteroatoms. The molecule has 2 amide bonds. The van der Waals surface area contributed by atoms with Gasteiger partial charge in [-0.25, -0.2) is 0 Å². The second-order valence-corrected chi connectivity index (χ2v) is 7.83. The van der Waals surface area contributed by atoms with Gasteiger partial charge in [0.25, 0.3) is 5.91 Å². The number of benzene rings is 1. The molecule has 3 heterocycles. The Morgan fingerprint density at radius 2 is 1.94 bits per heavy atom. The number of furan rings is 1. The zero-order chi connectivity index (χ0) is 23.9. The van der Waals surface area contributed by atoms with Crippen molar-refractivity contribution in [3.8, 4) is 17.0 Å². The average molecular weight is 462 g/mol. The van der Waals surface area contributed by atoms with Gasteiger partial charge in [-0.05, 0) is 36.4 Å². The van der Waals surface area contributed by atoms with Crippen LogP contribution in [-0.4, -0.2) is 78.2 Å². The number of aromatic nitrogens is 2. The summed E-state index contributed by atoms with van der Waals surface area (Å²) in [5, 5.41) is 8.75. The highest BCUT2D eigenvalue weighted by atomic mass is 16.5. The molecule has 0 N–H and O–H groups in total. The molecule has 1 saturated heterocycles. The van der Waals surface area contributed by atoms with Crippen LogP contribution in [0.3, 0.4) is 0 Å². The molecule has 0 radical (unpaired) electrons. The highest BCUT2D eigenvalue weighted by Gasteiger charge is 2.26. The van der Waals surface area contributed by atoms with Crippen molar-refractivity contribution in [2.75, 3.05) is 51.3 Å². The highest BCUT2D eigenvalue weighted by molar-refractivity contribution is 5.94. The number of carbonyl (C=O) groups is 2. The fourth-order valence-electron chi connectivity index (χ4n) is 3.81. The third kappa shape index (κ3) is 5.25. The van der Waals surface area contributed by atoms with Gasteiger partial charge in [0.15, 0.2) is 11.6 Å². The van der Waals surface area contributed by atoms with Gasteiger partial charge in [0.2, 0.25) is 5.91 Å². The lowest BCUT2D eigenvalue weighted by molar-refractivity contribution is -0.132. The number of ether oxygens (including phenoxy) is 1. The van der Waals surface area contributed by atoms with E-state index in [1.54, 1.807) is 30.2 Å². The standard InChI is InChI=1S/C25H27N5O4/c1-3-11-30(25(32)22-8-5-16-34-22)18-24(31)29-14-12-28(13-15-29)23-10-9-21(26-27-23)19-6-4-7-20(17-19)33-2/h3-10,16-17H,1,11-15,18H2,2H3. The lowest BCUT2D eigenvalue weighted by Crippen LogP contribution is -2.52. The topological polar surface area (TPSA) is 92.0 Å². The van der Waals surface area contributed by atoms with Crippen molar-refractivity contribution in [1.82, 2.24) is 20.0 Å². The van der Waals surface area contributed by atoms with Gasteiger partial charge in [0, 0.05) is 38.3 Å². The van der Waals surface area contributed by atoms with Gasteiger partial charge in [0.05, 0.1) is 19.1 Å². The summed E-state index contributed by atoms with van der Waals surface area (Å²) in [5.74, 6) is 1.29. The third-order valence-electron chi connectivity index (χ3n) is 5.67. The fraction of sp³-hybridized carbons (Fsp3) is 0.280. The summed E-state index contributed by atoms with van der Waals surface area (Å²) in [6.07, 6.45) is 3.03. The predicted molar refractivity (Wildman–Crippen MR) is 128 cm³/mol. The molecule has 1 fully saturated rings. The Morgan fingerprint density at radius 1 is 1.12 bits per heavy atom. The quantitative estimate of drug-likeness (QED) is 0.476. The molecular weight excluding hydrogens is 434 g/mol. The molecule has 1 aromatic carbocycles. The number of anilines is 1. The second-order valence-electron chi connectivity index (χ2n) is 7.83. The van der Waals surface area contributed by atoms with Crippen LogP contribution in [0.2, 0.25) is 0 Å². The van der Waals surface area contributed by atoms with Crippen molar-refractivity contribution >= 4 is 17.6 Å². The third-order valence-corrected chi connectivity index (χ3v) is 5.67. The summed E-state index contributed by atoms with van der Waals surface area (Å²) >= 11 is 0. The SMILES string of the molecule is C=CCN(CC(=O)N1CCN(c2ccc(-c3cccc(OC)c3)nn2)CC1)C(=O)c1ccco1. The Bertz CT molecular complexity index is 1120. The first-order valence-corrected chi connectivity index (χ1v) is 11.0. The zero-order valence-corrected chi connectivity index (χ0v) is 19.1. The van der Waals surface area contributed by atoms with E-state index < -0.39 is 0 Å². The molecule has 0 saturated carbocycles. The molecule has 1 aliphatic rings. The molecule has 0 bridgehead atoms. The van der Waals surface area contributed by atoms with Crippen molar-refractivity contribution in [2.24, 2.45) is 0 Å². The van der Waals surface area contributed by atoms with E-state index in [1.165, 1.54) is 11.2 Å². The molecule has 4 rings (SSSR count). The normalized spacial score (nSPS) is 13.4. The summed E-state index contributed by atoms with van der Waals surface area (Å²) in [6.45, 7) is 6.26. The van der Waals surface area contributed by atoms with Crippen molar-refractivity contribution in [1.29, 1.82) is 0 Å². The molecule has 176 valence electrons. The van der Waals surface area contributed by atoms with Gasteiger partial charge in [-0.15, -0.1) is 16.8 Å². The van der Waals surface area contributed by atoms with E-state index in [4.69, 9.17) is 9.15 Å². The first-order chi connectivity index (χ1) is 16.6. The maximum absolute atomic E-state index is 12.9. The van der Waals surface area contributed by atoms with Crippen LogP contribution in [0.5, 0.6) is 5.75 Å². The van der Waals surface area contributed by atoms with Crippen molar-refractivity contribution in [2.45, 2.75) is 0 Å². The fourth-order valence-corrected chi connectivity index (χ4v) is 3.81. The Morgan fingerprint density at radius 3 is 2.59 bits per heavy atom. The number of piperazine rings is 1. The van der Waals surface area contributed by atoms with Crippen LogP contribution in [0.4, 0.5) is 5.82 Å². The summed E-state index contributed by atoms with van der Waals surface area (Å²) in [5.41, 5.74) is 1.70. The van der Waals surface area contributed by atoms with Crippen LogP contribution in [0, 0.1) is 0 Å². The van der Waals surface area contributed by atoms with Crippen molar-refractivity contribution in [3.05, 3.63) is 73.2 Å². The molecular formula is C25H27N5O4. The van der Waals surface area contributed by atoms with Gasteiger partial charge < -0.3 is 23.9 Å². The van der Waals surface area contributed by atoms with E-state index >= 15 is 0 Å². The Kier molecular flexibility index (Phi) is 7.22. The summed E-state index contributed by atoms with van der Waals surface area (Å²) in [4.78, 5) is 30.8. The summed E-state index contributed by atoms with van der Waals surface area (Å²) in [7, 11) is 1.63. The van der Waals surface area contributed by atoms with E-state index in [9.17, 15) is 9.59 Å². The summed E-state index contributed by atoms with van der Waals surface area (Å²) in [6, 6.07) is 14.8. The van der Waals surface area contributed by atoms with Crippen LogP contribution in [0.15, 0.2) is 71.9 Å². The average Bonchev–Trinajstić information content (AvgIpc) is 3.43. The van der Waals surface area contributed by atoms with Gasteiger partial charge in [0.1, 0.15) is 12.3 Å². The smallest absolute Gasteiger partial charge is 0.290 e. The number of hydrogen-bond acceptors (Lipinski definition) is 7. The first-order valence-electron chi connectivity index (χ1n) is 11.0. The van der Waals surface area contributed by atoms with Crippen LogP contribution >= 0.6 is 0 Å². The second kappa shape index (κ2) is 10.7. The van der Waals surface area contributed by atoms with E-state index in [0.717, 1.165) is 22.8 Å². The van der Waals surface area contributed by atoms with Crippen LogP contribution in [0.25, 0.3) is 11.3 Å². The molecule has 0 aliphatic carbocycles. The predicted octanol–water partition coefficient (Wildman–Crippen LogP) is 2.72. The number of carbonyl (C=O) groups excluding carboxylic acids is 2. The largest absolute Gasteiger partial charge is 0.497 e. The molecule has 3 aromatic rings. The molecule has 0 atom stereocenters. The highest BCUT2D eigenvalue weighted by Crippen LogP contribution is 2.23. The Hall–Kier alpha value is -4.14. The van der Waals surface area contributed by atoms with Crippen LogP contribution in [-0.2, 0) is 4.79 Å². The zero-order valence-electron chi connectivity index (χ0n) is 19.1. The minimum Gasteiger partial charge on any atom is -0.497 e. The van der Waals surface area contributed by atoms with E-state index in [1.807, 2.05) is 36.4 Å². The molecule has 2 aromatic heterocycles. The molecule has 34 heavy (non-hydrogen) atoms. The summed E-state index contributed by atoms with van der Waals surface area (Å²) < 4.78 is 10.5. The lowest BCUT2D eigenvalue weighted by atomic mass is 10.1. The molecule has 0 unspecified atom stereocenters. The van der Waals surface area contributed by atoms with Crippen molar-refractivity contribution in [3.63, 3.8) is 0 Å². The number of hydrogen-bond donors (Lipinski definition) is 0.